The molecule has 0 aromatic heterocycles. The predicted molar refractivity (Wildman–Crippen MR) is 124 cm³/mol. The Bertz CT molecular complexity index is 1030. The maximum absolute atomic E-state index is 13.3. The van der Waals surface area contributed by atoms with Crippen molar-refractivity contribution in [1.29, 1.82) is 0 Å². The standard InChI is InChI=1S/C21H25Cl2N3O4S/c1-4-24-21(28)15(2)25(13-16-6-5-7-18(23)12-16)20(27)14-26(31(3,29)30)19-10-8-17(22)9-11-19/h5-12,15H,4,13-14H2,1-3H3,(H,24,28). The van der Waals surface area contributed by atoms with E-state index in [0.29, 0.717) is 22.3 Å². The molecule has 168 valence electrons. The number of carbonyl (C=O) groups excluding carboxylic acids is 2. The Balaban J connectivity index is 2.37. The molecule has 1 unspecified atom stereocenters. The van der Waals surface area contributed by atoms with Crippen molar-refractivity contribution in [3.63, 3.8) is 0 Å². The van der Waals surface area contributed by atoms with Gasteiger partial charge in [0.25, 0.3) is 0 Å². The third-order valence-corrected chi connectivity index (χ3v) is 6.18. The maximum Gasteiger partial charge on any atom is 0.244 e. The van der Waals surface area contributed by atoms with Crippen LogP contribution in [0.15, 0.2) is 48.5 Å². The Labute approximate surface area is 193 Å². The lowest BCUT2D eigenvalue weighted by Gasteiger charge is -2.31. The summed E-state index contributed by atoms with van der Waals surface area (Å²) in [4.78, 5) is 27.1. The molecule has 1 N–H and O–H groups in total. The molecule has 0 spiro atoms. The van der Waals surface area contributed by atoms with Gasteiger partial charge in [0.15, 0.2) is 0 Å². The number of sulfonamides is 1. The van der Waals surface area contributed by atoms with E-state index in [0.717, 1.165) is 16.1 Å². The molecular formula is C21H25Cl2N3O4S. The second kappa shape index (κ2) is 10.8. The quantitative estimate of drug-likeness (QED) is 0.589. The number of rotatable bonds is 9. The number of halogens is 2. The monoisotopic (exact) mass is 485 g/mol. The van der Waals surface area contributed by atoms with Gasteiger partial charge in [-0.2, -0.15) is 0 Å². The number of hydrogen-bond acceptors (Lipinski definition) is 4. The molecule has 2 amide bonds. The van der Waals surface area contributed by atoms with Gasteiger partial charge < -0.3 is 10.2 Å². The lowest BCUT2D eigenvalue weighted by Crippen LogP contribution is -2.51. The second-order valence-electron chi connectivity index (χ2n) is 6.97. The van der Waals surface area contributed by atoms with Crippen molar-refractivity contribution >= 4 is 50.7 Å². The first kappa shape index (κ1) is 25.0. The Kier molecular flexibility index (Phi) is 8.73. The first-order valence-corrected chi connectivity index (χ1v) is 12.2. The number of nitrogens with one attached hydrogen (secondary N) is 1. The summed E-state index contributed by atoms with van der Waals surface area (Å²) in [7, 11) is -3.77. The topological polar surface area (TPSA) is 86.8 Å². The predicted octanol–water partition coefficient (Wildman–Crippen LogP) is 3.31. The summed E-state index contributed by atoms with van der Waals surface area (Å²) >= 11 is 12.0. The third-order valence-electron chi connectivity index (χ3n) is 4.55. The molecule has 0 aliphatic rings. The van der Waals surface area contributed by atoms with Gasteiger partial charge in [0.1, 0.15) is 12.6 Å². The van der Waals surface area contributed by atoms with Gasteiger partial charge in [0.2, 0.25) is 21.8 Å². The lowest BCUT2D eigenvalue weighted by molar-refractivity contribution is -0.139. The van der Waals surface area contributed by atoms with Gasteiger partial charge in [-0.1, -0.05) is 35.3 Å². The molecule has 0 saturated carbocycles. The molecule has 0 fully saturated rings. The molecule has 2 rings (SSSR count). The molecule has 0 saturated heterocycles. The van der Waals surface area contributed by atoms with Crippen molar-refractivity contribution in [2.24, 2.45) is 0 Å². The maximum atomic E-state index is 13.3. The van der Waals surface area contributed by atoms with E-state index in [2.05, 4.69) is 5.32 Å². The van der Waals surface area contributed by atoms with Crippen molar-refractivity contribution in [2.45, 2.75) is 26.4 Å². The zero-order valence-electron chi connectivity index (χ0n) is 17.5. The fourth-order valence-corrected chi connectivity index (χ4v) is 4.15. The van der Waals surface area contributed by atoms with Crippen LogP contribution in [0.3, 0.4) is 0 Å². The van der Waals surface area contributed by atoms with Gasteiger partial charge in [-0.15, -0.1) is 0 Å². The van der Waals surface area contributed by atoms with Gasteiger partial charge in [-0.05, 0) is 55.8 Å². The molecule has 10 heteroatoms. The summed E-state index contributed by atoms with van der Waals surface area (Å²) in [6, 6.07) is 12.2. The van der Waals surface area contributed by atoms with E-state index >= 15 is 0 Å². The molecule has 0 heterocycles. The molecule has 0 bridgehead atoms. The van der Waals surface area contributed by atoms with Crippen molar-refractivity contribution < 1.29 is 18.0 Å². The number of likely N-dealkylation sites (N-methyl/N-ethyl adjacent to an activating group) is 1. The summed E-state index contributed by atoms with van der Waals surface area (Å²) in [5.41, 5.74) is 1.02. The average Bonchev–Trinajstić information content (AvgIpc) is 2.70. The SMILES string of the molecule is CCNC(=O)C(C)N(Cc1cccc(Cl)c1)C(=O)CN(c1ccc(Cl)cc1)S(C)(=O)=O. The first-order valence-electron chi connectivity index (χ1n) is 9.57. The normalized spacial score (nSPS) is 12.2. The third kappa shape index (κ3) is 7.12. The van der Waals surface area contributed by atoms with E-state index in [1.54, 1.807) is 50.2 Å². The first-order chi connectivity index (χ1) is 14.5. The number of hydrogen-bond donors (Lipinski definition) is 1. The number of anilines is 1. The molecular weight excluding hydrogens is 461 g/mol. The Morgan fingerprint density at radius 2 is 1.71 bits per heavy atom. The van der Waals surface area contributed by atoms with E-state index in [1.807, 2.05) is 0 Å². The van der Waals surface area contributed by atoms with Crippen LogP contribution in [0.4, 0.5) is 5.69 Å². The smallest absolute Gasteiger partial charge is 0.244 e. The van der Waals surface area contributed by atoms with Crippen LogP contribution in [0.1, 0.15) is 19.4 Å². The average molecular weight is 486 g/mol. The highest BCUT2D eigenvalue weighted by Crippen LogP contribution is 2.21. The summed E-state index contributed by atoms with van der Waals surface area (Å²) in [5.74, 6) is -0.866. The van der Waals surface area contributed by atoms with Crippen LogP contribution in [-0.2, 0) is 26.2 Å². The summed E-state index contributed by atoms with van der Waals surface area (Å²) in [5, 5.41) is 3.63. The minimum atomic E-state index is -3.77. The van der Waals surface area contributed by atoms with Crippen LogP contribution in [0.2, 0.25) is 10.0 Å². The van der Waals surface area contributed by atoms with E-state index in [-0.39, 0.29) is 12.5 Å². The van der Waals surface area contributed by atoms with Crippen LogP contribution in [-0.4, -0.2) is 50.5 Å². The minimum absolute atomic E-state index is 0.0932. The highest BCUT2D eigenvalue weighted by Gasteiger charge is 2.29. The van der Waals surface area contributed by atoms with Crippen LogP contribution in [0.5, 0.6) is 0 Å². The molecule has 31 heavy (non-hydrogen) atoms. The Morgan fingerprint density at radius 3 is 2.26 bits per heavy atom. The molecule has 7 nitrogen and oxygen atoms in total. The number of amides is 2. The molecule has 0 aliphatic heterocycles. The highest BCUT2D eigenvalue weighted by atomic mass is 35.5. The van der Waals surface area contributed by atoms with Crippen molar-refractivity contribution in [2.75, 3.05) is 23.7 Å². The van der Waals surface area contributed by atoms with Crippen molar-refractivity contribution in [3.8, 4) is 0 Å². The zero-order valence-corrected chi connectivity index (χ0v) is 19.8. The minimum Gasteiger partial charge on any atom is -0.355 e. The molecule has 2 aromatic carbocycles. The van der Waals surface area contributed by atoms with Crippen LogP contribution in [0.25, 0.3) is 0 Å². The van der Waals surface area contributed by atoms with Gasteiger partial charge in [0.05, 0.1) is 11.9 Å². The molecule has 0 radical (unpaired) electrons. The van der Waals surface area contributed by atoms with Gasteiger partial charge in [-0.3, -0.25) is 13.9 Å². The summed E-state index contributed by atoms with van der Waals surface area (Å²) < 4.78 is 25.8. The second-order valence-corrected chi connectivity index (χ2v) is 9.75. The summed E-state index contributed by atoms with van der Waals surface area (Å²) in [6.07, 6.45) is 1.02. The van der Waals surface area contributed by atoms with Crippen molar-refractivity contribution in [1.82, 2.24) is 10.2 Å². The van der Waals surface area contributed by atoms with Gasteiger partial charge >= 0.3 is 0 Å². The van der Waals surface area contributed by atoms with Crippen LogP contribution < -0.4 is 9.62 Å². The van der Waals surface area contributed by atoms with Crippen LogP contribution >= 0.6 is 23.2 Å². The number of carbonyl (C=O) groups is 2. The lowest BCUT2D eigenvalue weighted by atomic mass is 10.1. The fourth-order valence-electron chi connectivity index (χ4n) is 2.96. The van der Waals surface area contributed by atoms with E-state index < -0.39 is 28.5 Å². The Morgan fingerprint density at radius 1 is 1.06 bits per heavy atom. The molecule has 2 aromatic rings. The number of nitrogens with zero attached hydrogens (tertiary/aromatic N) is 2. The molecule has 1 atom stereocenters. The van der Waals surface area contributed by atoms with E-state index in [9.17, 15) is 18.0 Å². The largest absolute Gasteiger partial charge is 0.355 e. The zero-order chi connectivity index (χ0) is 23.2. The highest BCUT2D eigenvalue weighted by molar-refractivity contribution is 7.92. The fraction of sp³-hybridized carbons (Fsp3) is 0.333. The molecule has 0 aliphatic carbocycles. The van der Waals surface area contributed by atoms with Gasteiger partial charge in [0, 0.05) is 23.1 Å². The Hall–Kier alpha value is -2.29. The van der Waals surface area contributed by atoms with E-state index in [4.69, 9.17) is 23.2 Å². The van der Waals surface area contributed by atoms with Crippen molar-refractivity contribution in [3.05, 3.63) is 64.1 Å². The van der Waals surface area contributed by atoms with E-state index in [1.165, 1.54) is 17.0 Å². The van der Waals surface area contributed by atoms with Gasteiger partial charge in [-0.25, -0.2) is 8.42 Å². The number of benzene rings is 2. The van der Waals surface area contributed by atoms with Crippen LogP contribution in [0, 0.1) is 0 Å². The summed E-state index contributed by atoms with van der Waals surface area (Å²) in [6.45, 7) is 3.41.